The first kappa shape index (κ1) is 18.0. The van der Waals surface area contributed by atoms with Crippen molar-refractivity contribution in [3.05, 3.63) is 42.1 Å². The maximum absolute atomic E-state index is 12.4. The fourth-order valence-electron chi connectivity index (χ4n) is 2.74. The lowest BCUT2D eigenvalue weighted by Crippen LogP contribution is -2.18. The first-order valence-corrected chi connectivity index (χ1v) is 8.54. The molecule has 0 spiro atoms. The van der Waals surface area contributed by atoms with Gasteiger partial charge in [-0.1, -0.05) is 0 Å². The Balaban J connectivity index is 1.60. The van der Waals surface area contributed by atoms with Gasteiger partial charge in [-0.25, -0.2) is 4.98 Å². The summed E-state index contributed by atoms with van der Waals surface area (Å²) in [5.74, 6) is 1.29. The van der Waals surface area contributed by atoms with Crippen LogP contribution in [0.25, 0.3) is 0 Å². The molecule has 1 aromatic carbocycles. The summed E-state index contributed by atoms with van der Waals surface area (Å²) in [6.07, 6.45) is 4.15. The number of pyridine rings is 1. The molecule has 3 rings (SSSR count). The van der Waals surface area contributed by atoms with Gasteiger partial charge in [-0.3, -0.25) is 4.79 Å². The smallest absolute Gasteiger partial charge is 0.257 e. The van der Waals surface area contributed by atoms with E-state index in [1.54, 1.807) is 44.7 Å². The van der Waals surface area contributed by atoms with E-state index in [9.17, 15) is 4.79 Å². The van der Waals surface area contributed by atoms with Crippen molar-refractivity contribution >= 4 is 17.4 Å². The van der Waals surface area contributed by atoms with Crippen LogP contribution in [0, 0.1) is 0 Å². The summed E-state index contributed by atoms with van der Waals surface area (Å²) < 4.78 is 16.0. The van der Waals surface area contributed by atoms with Crippen molar-refractivity contribution in [2.75, 3.05) is 38.0 Å². The van der Waals surface area contributed by atoms with Crippen molar-refractivity contribution in [1.29, 1.82) is 0 Å². The second-order valence-corrected chi connectivity index (χ2v) is 6.00. The van der Waals surface area contributed by atoms with E-state index in [-0.39, 0.29) is 12.0 Å². The summed E-state index contributed by atoms with van der Waals surface area (Å²) in [5, 5.41) is 6.07. The van der Waals surface area contributed by atoms with E-state index in [4.69, 9.17) is 14.2 Å². The topological polar surface area (TPSA) is 81.7 Å². The Bertz CT molecular complexity index is 721. The third-order valence-corrected chi connectivity index (χ3v) is 4.18. The Labute approximate surface area is 152 Å². The number of ether oxygens (including phenoxy) is 3. The molecule has 0 bridgehead atoms. The highest BCUT2D eigenvalue weighted by atomic mass is 16.5. The molecule has 1 aliphatic heterocycles. The van der Waals surface area contributed by atoms with Crippen LogP contribution < -0.4 is 20.1 Å². The highest BCUT2D eigenvalue weighted by molar-refractivity contribution is 6.04. The second-order valence-electron chi connectivity index (χ2n) is 6.00. The number of nitrogens with one attached hydrogen (secondary N) is 2. The van der Waals surface area contributed by atoms with Gasteiger partial charge in [0.1, 0.15) is 17.3 Å². The van der Waals surface area contributed by atoms with E-state index in [0.717, 1.165) is 31.7 Å². The Morgan fingerprint density at radius 3 is 2.58 bits per heavy atom. The van der Waals surface area contributed by atoms with Crippen LogP contribution in [-0.2, 0) is 4.74 Å². The first-order chi connectivity index (χ1) is 12.7. The van der Waals surface area contributed by atoms with Crippen LogP contribution in [0.3, 0.4) is 0 Å². The van der Waals surface area contributed by atoms with E-state index in [1.165, 1.54) is 0 Å². The van der Waals surface area contributed by atoms with Crippen LogP contribution in [-0.4, -0.2) is 44.4 Å². The Hall–Kier alpha value is -2.80. The number of amides is 1. The van der Waals surface area contributed by atoms with Gasteiger partial charge >= 0.3 is 0 Å². The summed E-state index contributed by atoms with van der Waals surface area (Å²) >= 11 is 0. The lowest BCUT2D eigenvalue weighted by atomic mass is 10.2. The molecular formula is C19H23N3O4. The minimum atomic E-state index is -0.283. The molecule has 1 saturated heterocycles. The zero-order valence-corrected chi connectivity index (χ0v) is 15.0. The van der Waals surface area contributed by atoms with Gasteiger partial charge in [-0.05, 0) is 37.1 Å². The molecule has 26 heavy (non-hydrogen) atoms. The number of methoxy groups -OCH3 is 2. The van der Waals surface area contributed by atoms with Gasteiger partial charge in [-0.2, -0.15) is 0 Å². The van der Waals surface area contributed by atoms with Crippen LogP contribution in [0.1, 0.15) is 23.2 Å². The van der Waals surface area contributed by atoms with Gasteiger partial charge in [0.15, 0.2) is 0 Å². The van der Waals surface area contributed by atoms with Crippen LogP contribution in [0.15, 0.2) is 36.5 Å². The maximum atomic E-state index is 12.4. The molecule has 0 radical (unpaired) electrons. The molecule has 138 valence electrons. The Kier molecular flexibility index (Phi) is 5.91. The Morgan fingerprint density at radius 1 is 1.23 bits per heavy atom. The normalized spacial score (nSPS) is 16.2. The standard InChI is InChI=1S/C19H23N3O4/c1-24-16-8-13(9-17(10-16)25-2)19(23)22-18-6-5-14(11-21-18)20-12-15-4-3-7-26-15/h5-6,8-11,15,20H,3-4,7,12H2,1-2H3,(H,21,22,23). The van der Waals surface area contributed by atoms with E-state index < -0.39 is 0 Å². The average molecular weight is 357 g/mol. The molecule has 0 saturated carbocycles. The summed E-state index contributed by atoms with van der Waals surface area (Å²) in [6, 6.07) is 8.64. The number of nitrogens with zero attached hydrogens (tertiary/aromatic N) is 1. The predicted octanol–water partition coefficient (Wildman–Crippen LogP) is 2.94. The van der Waals surface area contributed by atoms with Gasteiger partial charge < -0.3 is 24.8 Å². The molecule has 0 aliphatic carbocycles. The monoisotopic (exact) mass is 357 g/mol. The molecule has 1 aromatic heterocycles. The van der Waals surface area contributed by atoms with E-state index in [1.807, 2.05) is 6.07 Å². The van der Waals surface area contributed by atoms with Crippen molar-refractivity contribution < 1.29 is 19.0 Å². The SMILES string of the molecule is COc1cc(OC)cc(C(=O)Nc2ccc(NCC3CCCO3)cn2)c1. The summed E-state index contributed by atoms with van der Waals surface area (Å²) in [6.45, 7) is 1.60. The third-order valence-electron chi connectivity index (χ3n) is 4.18. The highest BCUT2D eigenvalue weighted by Gasteiger charge is 2.15. The molecule has 1 aliphatic rings. The van der Waals surface area contributed by atoms with Crippen molar-refractivity contribution in [2.24, 2.45) is 0 Å². The molecule has 1 amide bonds. The van der Waals surface area contributed by atoms with Gasteiger partial charge in [0.05, 0.1) is 32.2 Å². The first-order valence-electron chi connectivity index (χ1n) is 8.54. The average Bonchev–Trinajstić information content (AvgIpc) is 3.20. The molecule has 2 heterocycles. The number of rotatable bonds is 7. The quantitative estimate of drug-likeness (QED) is 0.793. The van der Waals surface area contributed by atoms with E-state index >= 15 is 0 Å². The summed E-state index contributed by atoms with van der Waals surface area (Å²) in [5.41, 5.74) is 1.32. The van der Waals surface area contributed by atoms with Crippen molar-refractivity contribution in [3.8, 4) is 11.5 Å². The number of hydrogen-bond acceptors (Lipinski definition) is 6. The minimum Gasteiger partial charge on any atom is -0.497 e. The molecule has 7 heteroatoms. The number of hydrogen-bond donors (Lipinski definition) is 2. The van der Waals surface area contributed by atoms with Crippen LogP contribution in [0.4, 0.5) is 11.5 Å². The highest BCUT2D eigenvalue weighted by Crippen LogP contribution is 2.23. The minimum absolute atomic E-state index is 0.262. The second kappa shape index (κ2) is 8.53. The maximum Gasteiger partial charge on any atom is 0.257 e. The van der Waals surface area contributed by atoms with Crippen LogP contribution in [0.2, 0.25) is 0 Å². The number of carbonyl (C=O) groups excluding carboxylic acids is 1. The lowest BCUT2D eigenvalue weighted by Gasteiger charge is -2.12. The van der Waals surface area contributed by atoms with Gasteiger partial charge in [0.2, 0.25) is 0 Å². The van der Waals surface area contributed by atoms with Gasteiger partial charge in [0.25, 0.3) is 5.91 Å². The molecule has 1 unspecified atom stereocenters. The molecule has 7 nitrogen and oxygen atoms in total. The lowest BCUT2D eigenvalue weighted by molar-refractivity contribution is 0.102. The van der Waals surface area contributed by atoms with Crippen LogP contribution in [0.5, 0.6) is 11.5 Å². The molecule has 2 N–H and O–H groups in total. The van der Waals surface area contributed by atoms with Crippen molar-refractivity contribution in [2.45, 2.75) is 18.9 Å². The zero-order chi connectivity index (χ0) is 18.4. The summed E-state index contributed by atoms with van der Waals surface area (Å²) in [4.78, 5) is 16.7. The number of anilines is 2. The molecule has 2 aromatic rings. The zero-order valence-electron chi connectivity index (χ0n) is 15.0. The van der Waals surface area contributed by atoms with Crippen LogP contribution >= 0.6 is 0 Å². The van der Waals surface area contributed by atoms with Crippen molar-refractivity contribution in [3.63, 3.8) is 0 Å². The van der Waals surface area contributed by atoms with E-state index in [0.29, 0.717) is 22.9 Å². The fraction of sp³-hybridized carbons (Fsp3) is 0.368. The van der Waals surface area contributed by atoms with Crippen molar-refractivity contribution in [1.82, 2.24) is 4.98 Å². The summed E-state index contributed by atoms with van der Waals surface area (Å²) in [7, 11) is 3.08. The Morgan fingerprint density at radius 2 is 2.00 bits per heavy atom. The number of carbonyl (C=O) groups is 1. The fourth-order valence-corrected chi connectivity index (χ4v) is 2.74. The van der Waals surface area contributed by atoms with Gasteiger partial charge in [0, 0.05) is 24.8 Å². The van der Waals surface area contributed by atoms with Gasteiger partial charge in [-0.15, -0.1) is 0 Å². The van der Waals surface area contributed by atoms with E-state index in [2.05, 4.69) is 15.6 Å². The number of benzene rings is 1. The molecular weight excluding hydrogens is 334 g/mol. The largest absolute Gasteiger partial charge is 0.497 e. The number of aromatic nitrogens is 1. The predicted molar refractivity (Wildman–Crippen MR) is 99.2 cm³/mol. The third kappa shape index (κ3) is 4.64. The molecule has 1 fully saturated rings. The molecule has 1 atom stereocenters.